The second-order valence-electron chi connectivity index (χ2n) is 9.58. The smallest absolute Gasteiger partial charge is 0.407 e. The Kier molecular flexibility index (Phi) is 4.95. The fraction of sp³-hybridized carbons (Fsp3) is 0.565. The van der Waals surface area contributed by atoms with Gasteiger partial charge in [-0.3, -0.25) is 9.69 Å². The predicted molar refractivity (Wildman–Crippen MR) is 115 cm³/mol. The molecule has 0 bridgehead atoms. The zero-order valence-electron chi connectivity index (χ0n) is 17.9. The summed E-state index contributed by atoms with van der Waals surface area (Å²) in [5.41, 5.74) is 4.67. The minimum Gasteiger partial charge on any atom is -0.465 e. The summed E-state index contributed by atoms with van der Waals surface area (Å²) in [6.07, 6.45) is 9.17. The summed E-state index contributed by atoms with van der Waals surface area (Å²) in [5, 5.41) is 20.7. The van der Waals surface area contributed by atoms with E-state index in [9.17, 15) is 14.7 Å². The summed E-state index contributed by atoms with van der Waals surface area (Å²) in [6.45, 7) is 0.772. The van der Waals surface area contributed by atoms with Crippen LogP contribution < -0.4 is 5.32 Å². The van der Waals surface area contributed by atoms with Crippen molar-refractivity contribution in [2.24, 2.45) is 18.4 Å². The molecule has 8 nitrogen and oxygen atoms in total. The number of rotatable bonds is 5. The van der Waals surface area contributed by atoms with Crippen molar-refractivity contribution < 1.29 is 14.7 Å². The van der Waals surface area contributed by atoms with Gasteiger partial charge in [-0.2, -0.15) is 0 Å². The molecule has 1 aromatic carbocycles. The van der Waals surface area contributed by atoms with Crippen LogP contribution in [0.15, 0.2) is 29.8 Å². The minimum atomic E-state index is -1.02. The molecule has 1 aliphatic heterocycles. The lowest BCUT2D eigenvalue weighted by Gasteiger charge is -2.22. The third-order valence-electron chi connectivity index (χ3n) is 7.39. The number of fused-ring (bicyclic) bond motifs is 1. The van der Waals surface area contributed by atoms with Crippen LogP contribution in [0.4, 0.5) is 4.79 Å². The van der Waals surface area contributed by atoms with Crippen LogP contribution in [-0.4, -0.2) is 49.6 Å². The molecule has 8 heteroatoms. The van der Waals surface area contributed by atoms with Crippen LogP contribution in [0.25, 0.3) is 11.0 Å². The average molecular weight is 424 g/mol. The highest BCUT2D eigenvalue weighted by atomic mass is 16.4. The van der Waals surface area contributed by atoms with Gasteiger partial charge >= 0.3 is 6.09 Å². The number of carbonyl (C=O) groups is 2. The standard InChI is InChI=1S/C23H29N5O3/c1-27-19-3-2-16(11-18(19)25-26-27)13-24-21(29)20-12-17(14-28(20)22(30)31)10-15-4-6-23(7-5-15)8-9-23/h2-4,11,17,20H,5-10,12-14H2,1H3,(H,24,29)(H,30,31)/t17-,20+/m1/s1. The summed E-state index contributed by atoms with van der Waals surface area (Å²) in [4.78, 5) is 26.0. The van der Waals surface area contributed by atoms with Crippen molar-refractivity contribution >= 4 is 23.0 Å². The third-order valence-corrected chi connectivity index (χ3v) is 7.39. The number of benzene rings is 1. The van der Waals surface area contributed by atoms with E-state index >= 15 is 0 Å². The van der Waals surface area contributed by atoms with E-state index in [0.717, 1.165) is 29.4 Å². The fourth-order valence-electron chi connectivity index (χ4n) is 5.21. The second-order valence-corrected chi connectivity index (χ2v) is 9.58. The maximum Gasteiger partial charge on any atom is 0.407 e. The molecule has 1 aromatic heterocycles. The van der Waals surface area contributed by atoms with Crippen molar-refractivity contribution in [3.8, 4) is 0 Å². The Bertz CT molecular complexity index is 1050. The Morgan fingerprint density at radius 1 is 1.29 bits per heavy atom. The van der Waals surface area contributed by atoms with Crippen LogP contribution in [0, 0.1) is 11.3 Å². The predicted octanol–water partition coefficient (Wildman–Crippen LogP) is 3.23. The van der Waals surface area contributed by atoms with Gasteiger partial charge in [0.25, 0.3) is 0 Å². The van der Waals surface area contributed by atoms with Crippen LogP contribution in [0.5, 0.6) is 0 Å². The van der Waals surface area contributed by atoms with Crippen molar-refractivity contribution in [3.05, 3.63) is 35.4 Å². The molecule has 5 rings (SSSR count). The highest BCUT2D eigenvalue weighted by Gasteiger charge is 2.44. The minimum absolute atomic E-state index is 0.210. The average Bonchev–Trinajstić information content (AvgIpc) is 3.21. The molecule has 1 spiro atoms. The number of amides is 2. The number of nitrogens with zero attached hydrogens (tertiary/aromatic N) is 4. The van der Waals surface area contributed by atoms with Gasteiger partial charge in [-0.25, -0.2) is 9.48 Å². The van der Waals surface area contributed by atoms with E-state index in [-0.39, 0.29) is 11.8 Å². The summed E-state index contributed by atoms with van der Waals surface area (Å²) in [6, 6.07) is 5.13. The first kappa shape index (κ1) is 20.0. The molecule has 2 fully saturated rings. The van der Waals surface area contributed by atoms with Crippen molar-refractivity contribution in [1.29, 1.82) is 0 Å². The number of hydrogen-bond donors (Lipinski definition) is 2. The first-order valence-corrected chi connectivity index (χ1v) is 11.2. The Labute approximate surface area is 181 Å². The molecule has 2 aliphatic carbocycles. The van der Waals surface area contributed by atoms with E-state index < -0.39 is 12.1 Å². The number of likely N-dealkylation sites (tertiary alicyclic amines) is 1. The third kappa shape index (κ3) is 4.03. The Hall–Kier alpha value is -2.90. The summed E-state index contributed by atoms with van der Waals surface area (Å²) in [5.74, 6) is -0.0130. The number of allylic oxidation sites excluding steroid dienone is 2. The van der Waals surface area contributed by atoms with E-state index in [0.29, 0.717) is 24.9 Å². The van der Waals surface area contributed by atoms with Crippen molar-refractivity contribution in [1.82, 2.24) is 25.2 Å². The van der Waals surface area contributed by atoms with Gasteiger partial charge in [-0.15, -0.1) is 5.10 Å². The molecule has 31 heavy (non-hydrogen) atoms. The monoisotopic (exact) mass is 423 g/mol. The van der Waals surface area contributed by atoms with Crippen LogP contribution in [0.2, 0.25) is 0 Å². The van der Waals surface area contributed by atoms with E-state index in [2.05, 4.69) is 21.7 Å². The molecule has 2 N–H and O–H groups in total. The normalized spacial score (nSPS) is 24.4. The number of aryl methyl sites for hydroxylation is 1. The zero-order chi connectivity index (χ0) is 21.6. The van der Waals surface area contributed by atoms with E-state index in [1.165, 1.54) is 36.2 Å². The van der Waals surface area contributed by atoms with Gasteiger partial charge in [-0.05, 0) is 74.0 Å². The van der Waals surface area contributed by atoms with Gasteiger partial charge in [0, 0.05) is 20.1 Å². The van der Waals surface area contributed by atoms with Gasteiger partial charge < -0.3 is 10.4 Å². The lowest BCUT2D eigenvalue weighted by Crippen LogP contribution is -2.45. The number of hydrogen-bond acceptors (Lipinski definition) is 4. The molecule has 0 radical (unpaired) electrons. The molecule has 164 valence electrons. The Morgan fingerprint density at radius 2 is 2.13 bits per heavy atom. The Morgan fingerprint density at radius 3 is 2.84 bits per heavy atom. The van der Waals surface area contributed by atoms with Gasteiger partial charge in [0.1, 0.15) is 11.6 Å². The molecule has 0 unspecified atom stereocenters. The molecule has 2 heterocycles. The number of carboxylic acid groups (broad SMARTS) is 1. The first-order chi connectivity index (χ1) is 14.9. The Balaban J connectivity index is 1.20. The van der Waals surface area contributed by atoms with E-state index in [1.807, 2.05) is 25.2 Å². The number of aromatic nitrogens is 3. The van der Waals surface area contributed by atoms with Crippen LogP contribution in [0.3, 0.4) is 0 Å². The quantitative estimate of drug-likeness (QED) is 0.719. The fourth-order valence-corrected chi connectivity index (χ4v) is 5.21. The maximum atomic E-state index is 12.9. The molecule has 1 saturated carbocycles. The van der Waals surface area contributed by atoms with E-state index in [1.54, 1.807) is 4.68 Å². The topological polar surface area (TPSA) is 100 Å². The van der Waals surface area contributed by atoms with Crippen molar-refractivity contribution in [2.45, 2.75) is 57.5 Å². The van der Waals surface area contributed by atoms with Gasteiger partial charge in [-0.1, -0.05) is 22.9 Å². The molecule has 2 amide bonds. The van der Waals surface area contributed by atoms with Crippen molar-refractivity contribution in [2.75, 3.05) is 6.54 Å². The number of nitrogens with one attached hydrogen (secondary N) is 1. The van der Waals surface area contributed by atoms with Gasteiger partial charge in [0.15, 0.2) is 0 Å². The second kappa shape index (κ2) is 7.66. The molecule has 3 aliphatic rings. The highest BCUT2D eigenvalue weighted by molar-refractivity contribution is 5.86. The van der Waals surface area contributed by atoms with Crippen molar-refractivity contribution in [3.63, 3.8) is 0 Å². The zero-order valence-corrected chi connectivity index (χ0v) is 17.9. The molecular formula is C23H29N5O3. The molecular weight excluding hydrogens is 394 g/mol. The van der Waals surface area contributed by atoms with Crippen LogP contribution in [0.1, 0.15) is 50.5 Å². The first-order valence-electron chi connectivity index (χ1n) is 11.2. The van der Waals surface area contributed by atoms with Gasteiger partial charge in [0.2, 0.25) is 5.91 Å². The van der Waals surface area contributed by atoms with E-state index in [4.69, 9.17) is 0 Å². The lowest BCUT2D eigenvalue weighted by atomic mass is 9.83. The molecule has 1 saturated heterocycles. The van der Waals surface area contributed by atoms with Crippen LogP contribution in [-0.2, 0) is 18.4 Å². The van der Waals surface area contributed by atoms with Gasteiger partial charge in [0.05, 0.1) is 5.52 Å². The largest absolute Gasteiger partial charge is 0.465 e. The summed E-state index contributed by atoms with van der Waals surface area (Å²) >= 11 is 0. The van der Waals surface area contributed by atoms with Crippen LogP contribution >= 0.6 is 0 Å². The molecule has 2 atom stereocenters. The highest BCUT2D eigenvalue weighted by Crippen LogP contribution is 2.56. The summed E-state index contributed by atoms with van der Waals surface area (Å²) < 4.78 is 1.70. The lowest BCUT2D eigenvalue weighted by molar-refractivity contribution is -0.125. The number of carbonyl (C=O) groups excluding carboxylic acids is 1. The molecule has 2 aromatic rings. The summed E-state index contributed by atoms with van der Waals surface area (Å²) in [7, 11) is 1.83. The SMILES string of the molecule is Cn1nnc2cc(CNC(=O)[C@@H]3C[C@@H](CC4=CCC5(CC4)CC5)CN3C(=O)O)ccc21. The maximum absolute atomic E-state index is 12.9.